The number of fused-ring (bicyclic) bond motifs is 1. The summed E-state index contributed by atoms with van der Waals surface area (Å²) in [4.78, 5) is 4.59. The van der Waals surface area contributed by atoms with E-state index < -0.39 is 0 Å². The van der Waals surface area contributed by atoms with Crippen molar-refractivity contribution in [3.8, 4) is 0 Å². The van der Waals surface area contributed by atoms with Crippen LogP contribution >= 0.6 is 15.9 Å². The summed E-state index contributed by atoms with van der Waals surface area (Å²) in [6.45, 7) is 0.582. The van der Waals surface area contributed by atoms with Gasteiger partial charge in [-0.3, -0.25) is 0 Å². The van der Waals surface area contributed by atoms with Crippen molar-refractivity contribution in [3.05, 3.63) is 53.0 Å². The van der Waals surface area contributed by atoms with Gasteiger partial charge in [-0.05, 0) is 40.2 Å². The summed E-state index contributed by atoms with van der Waals surface area (Å²) in [7, 11) is 0. The monoisotopic (exact) mass is 331 g/mol. The number of nitrogens with zero attached hydrogens (tertiary/aromatic N) is 2. The number of anilines is 2. The third-order valence-electron chi connectivity index (χ3n) is 3.10. The second-order valence-electron chi connectivity index (χ2n) is 4.40. The first-order chi connectivity index (χ1) is 9.79. The standard InChI is InChI=1S/C15H14BrN3O/c16-11-5-1-2-6-12(11)17-15-18-13-7-3-4-8-14(13)19(15)9-10-20/h1-8,20H,9-10H2,(H,17,18). The first-order valence-corrected chi connectivity index (χ1v) is 7.16. The Morgan fingerprint density at radius 1 is 1.10 bits per heavy atom. The van der Waals surface area contributed by atoms with Crippen LogP contribution in [-0.4, -0.2) is 21.3 Å². The summed E-state index contributed by atoms with van der Waals surface area (Å²) in [6, 6.07) is 15.8. The summed E-state index contributed by atoms with van der Waals surface area (Å²) in [5, 5.41) is 12.6. The Kier molecular flexibility index (Phi) is 3.71. The van der Waals surface area contributed by atoms with Crippen molar-refractivity contribution in [2.75, 3.05) is 11.9 Å². The van der Waals surface area contributed by atoms with Gasteiger partial charge in [0, 0.05) is 11.0 Å². The van der Waals surface area contributed by atoms with Crippen molar-refractivity contribution < 1.29 is 5.11 Å². The summed E-state index contributed by atoms with van der Waals surface area (Å²) in [5.74, 6) is 0.729. The minimum Gasteiger partial charge on any atom is -0.395 e. The molecule has 0 atom stereocenters. The minimum atomic E-state index is 0.0744. The molecule has 2 aromatic carbocycles. The van der Waals surface area contributed by atoms with E-state index in [0.29, 0.717) is 6.54 Å². The molecule has 3 aromatic rings. The summed E-state index contributed by atoms with van der Waals surface area (Å²) >= 11 is 3.51. The van der Waals surface area contributed by atoms with E-state index in [9.17, 15) is 5.11 Å². The molecule has 102 valence electrons. The maximum atomic E-state index is 9.26. The summed E-state index contributed by atoms with van der Waals surface area (Å²) < 4.78 is 2.96. The normalized spacial score (nSPS) is 10.9. The number of imidazole rings is 1. The molecule has 0 saturated carbocycles. The van der Waals surface area contributed by atoms with Gasteiger partial charge < -0.3 is 15.0 Å². The number of para-hydroxylation sites is 3. The summed E-state index contributed by atoms with van der Waals surface area (Å²) in [6.07, 6.45) is 0. The highest BCUT2D eigenvalue weighted by atomic mass is 79.9. The molecule has 5 heteroatoms. The van der Waals surface area contributed by atoms with Gasteiger partial charge in [0.2, 0.25) is 5.95 Å². The van der Waals surface area contributed by atoms with E-state index in [1.54, 1.807) is 0 Å². The molecule has 20 heavy (non-hydrogen) atoms. The predicted molar refractivity (Wildman–Crippen MR) is 84.2 cm³/mol. The Labute approximate surface area is 125 Å². The molecule has 0 aliphatic carbocycles. The molecule has 1 heterocycles. The first-order valence-electron chi connectivity index (χ1n) is 6.37. The van der Waals surface area contributed by atoms with Crippen molar-refractivity contribution in [1.82, 2.24) is 9.55 Å². The van der Waals surface area contributed by atoms with Crippen molar-refractivity contribution in [1.29, 1.82) is 0 Å². The van der Waals surface area contributed by atoms with Gasteiger partial charge in [-0.15, -0.1) is 0 Å². The Bertz CT molecular complexity index is 739. The van der Waals surface area contributed by atoms with E-state index in [4.69, 9.17) is 0 Å². The zero-order chi connectivity index (χ0) is 13.9. The number of benzene rings is 2. The van der Waals surface area contributed by atoms with Crippen molar-refractivity contribution >= 4 is 38.6 Å². The molecule has 0 fully saturated rings. The van der Waals surface area contributed by atoms with Gasteiger partial charge >= 0.3 is 0 Å². The zero-order valence-electron chi connectivity index (χ0n) is 10.8. The fourth-order valence-corrected chi connectivity index (χ4v) is 2.56. The molecule has 0 aliphatic heterocycles. The van der Waals surface area contributed by atoms with E-state index in [-0.39, 0.29) is 6.61 Å². The molecular formula is C15H14BrN3O. The molecule has 0 unspecified atom stereocenters. The largest absolute Gasteiger partial charge is 0.395 e. The highest BCUT2D eigenvalue weighted by Crippen LogP contribution is 2.27. The number of nitrogens with one attached hydrogen (secondary N) is 1. The highest BCUT2D eigenvalue weighted by molar-refractivity contribution is 9.10. The van der Waals surface area contributed by atoms with Crippen molar-refractivity contribution in [2.45, 2.75) is 6.54 Å². The smallest absolute Gasteiger partial charge is 0.208 e. The summed E-state index contributed by atoms with van der Waals surface area (Å²) in [5.41, 5.74) is 2.87. The van der Waals surface area contributed by atoms with Gasteiger partial charge in [0.05, 0.1) is 23.3 Å². The molecular weight excluding hydrogens is 318 g/mol. The van der Waals surface area contributed by atoms with Crippen LogP contribution in [0.15, 0.2) is 53.0 Å². The van der Waals surface area contributed by atoms with E-state index in [1.165, 1.54) is 0 Å². The third kappa shape index (κ3) is 2.42. The van der Waals surface area contributed by atoms with Crippen LogP contribution in [0.2, 0.25) is 0 Å². The number of aliphatic hydroxyl groups is 1. The SMILES string of the molecule is OCCn1c(Nc2ccccc2Br)nc2ccccc21. The fraction of sp³-hybridized carbons (Fsp3) is 0.133. The van der Waals surface area contributed by atoms with Crippen LogP contribution in [0.4, 0.5) is 11.6 Å². The maximum Gasteiger partial charge on any atom is 0.208 e. The van der Waals surface area contributed by atoms with E-state index >= 15 is 0 Å². The molecule has 0 radical (unpaired) electrons. The Morgan fingerprint density at radius 3 is 2.65 bits per heavy atom. The molecule has 3 rings (SSSR count). The van der Waals surface area contributed by atoms with Crippen LogP contribution in [0, 0.1) is 0 Å². The lowest BCUT2D eigenvalue weighted by molar-refractivity contribution is 0.278. The molecule has 0 spiro atoms. The van der Waals surface area contributed by atoms with Crippen LogP contribution in [0.25, 0.3) is 11.0 Å². The molecule has 4 nitrogen and oxygen atoms in total. The topological polar surface area (TPSA) is 50.1 Å². The van der Waals surface area contributed by atoms with Crippen LogP contribution < -0.4 is 5.32 Å². The number of rotatable bonds is 4. The van der Waals surface area contributed by atoms with Crippen LogP contribution in [0.1, 0.15) is 0 Å². The molecule has 0 bridgehead atoms. The number of hydrogen-bond acceptors (Lipinski definition) is 3. The molecule has 0 saturated heterocycles. The van der Waals surface area contributed by atoms with E-state index in [1.807, 2.05) is 53.1 Å². The molecule has 2 N–H and O–H groups in total. The lowest BCUT2D eigenvalue weighted by Gasteiger charge is -2.10. The van der Waals surface area contributed by atoms with Gasteiger partial charge in [-0.2, -0.15) is 0 Å². The predicted octanol–water partition coefficient (Wildman–Crippen LogP) is 3.53. The van der Waals surface area contributed by atoms with E-state index in [2.05, 4.69) is 26.2 Å². The average molecular weight is 332 g/mol. The number of hydrogen-bond donors (Lipinski definition) is 2. The van der Waals surface area contributed by atoms with E-state index in [0.717, 1.165) is 27.1 Å². The van der Waals surface area contributed by atoms with Gasteiger partial charge in [0.25, 0.3) is 0 Å². The van der Waals surface area contributed by atoms with Gasteiger partial charge in [-0.1, -0.05) is 24.3 Å². The highest BCUT2D eigenvalue weighted by Gasteiger charge is 2.10. The molecule has 0 amide bonds. The Hall–Kier alpha value is -1.85. The quantitative estimate of drug-likeness (QED) is 0.768. The van der Waals surface area contributed by atoms with Gasteiger partial charge in [-0.25, -0.2) is 4.98 Å². The van der Waals surface area contributed by atoms with Crippen LogP contribution in [0.5, 0.6) is 0 Å². The van der Waals surface area contributed by atoms with Crippen molar-refractivity contribution in [2.24, 2.45) is 0 Å². The van der Waals surface area contributed by atoms with Crippen LogP contribution in [-0.2, 0) is 6.54 Å². The number of aromatic nitrogens is 2. The fourth-order valence-electron chi connectivity index (χ4n) is 2.18. The van der Waals surface area contributed by atoms with Crippen LogP contribution in [0.3, 0.4) is 0 Å². The minimum absolute atomic E-state index is 0.0744. The molecule has 0 aliphatic rings. The number of aliphatic hydroxyl groups excluding tert-OH is 1. The first kappa shape index (κ1) is 13.1. The Balaban J connectivity index is 2.06. The number of halogens is 1. The second-order valence-corrected chi connectivity index (χ2v) is 5.26. The lowest BCUT2D eigenvalue weighted by atomic mass is 10.3. The average Bonchev–Trinajstić information content (AvgIpc) is 2.80. The maximum absolute atomic E-state index is 9.26. The second kappa shape index (κ2) is 5.64. The lowest BCUT2D eigenvalue weighted by Crippen LogP contribution is -2.06. The zero-order valence-corrected chi connectivity index (χ0v) is 12.3. The Morgan fingerprint density at radius 2 is 1.85 bits per heavy atom. The van der Waals surface area contributed by atoms with Crippen molar-refractivity contribution in [3.63, 3.8) is 0 Å². The van der Waals surface area contributed by atoms with Gasteiger partial charge in [0.15, 0.2) is 0 Å². The third-order valence-corrected chi connectivity index (χ3v) is 3.79. The molecule has 1 aromatic heterocycles. The van der Waals surface area contributed by atoms with Gasteiger partial charge in [0.1, 0.15) is 0 Å².